The summed E-state index contributed by atoms with van der Waals surface area (Å²) in [6.45, 7) is 0. The van der Waals surface area contributed by atoms with E-state index in [1.165, 1.54) is 6.07 Å². The molecule has 0 aliphatic heterocycles. The van der Waals surface area contributed by atoms with Crippen LogP contribution < -0.4 is 0 Å². The van der Waals surface area contributed by atoms with Gasteiger partial charge in [0.05, 0.1) is 7.11 Å². The Morgan fingerprint density at radius 3 is 2.56 bits per heavy atom. The zero-order valence-electron chi connectivity index (χ0n) is 8.18. The molecular formula is C11H8ClO3S. The van der Waals surface area contributed by atoms with Crippen LogP contribution in [0.15, 0.2) is 41.3 Å². The van der Waals surface area contributed by atoms with Crippen molar-refractivity contribution in [3.8, 4) is 0 Å². The molecule has 0 saturated heterocycles. The second-order valence-corrected chi connectivity index (χ2v) is 5.22. The van der Waals surface area contributed by atoms with Crippen LogP contribution in [0, 0.1) is 7.11 Å². The quantitative estimate of drug-likeness (QED) is 0.775. The molecule has 0 heterocycles. The van der Waals surface area contributed by atoms with Gasteiger partial charge in [0.2, 0.25) is 0 Å². The average Bonchev–Trinajstić information content (AvgIpc) is 2.28. The molecule has 0 N–H and O–H groups in total. The second kappa shape index (κ2) is 4.05. The molecule has 2 aromatic rings. The van der Waals surface area contributed by atoms with Crippen molar-refractivity contribution in [3.05, 3.63) is 48.5 Å². The maximum Gasteiger partial charge on any atom is 0.297 e. The maximum atomic E-state index is 11.6. The number of rotatable bonds is 2. The monoisotopic (exact) mass is 255 g/mol. The van der Waals surface area contributed by atoms with E-state index in [2.05, 4.69) is 11.3 Å². The fraction of sp³-hybridized carbons (Fsp3) is 0. The van der Waals surface area contributed by atoms with E-state index in [9.17, 15) is 8.42 Å². The Morgan fingerprint density at radius 2 is 1.88 bits per heavy atom. The molecule has 0 aromatic heterocycles. The molecule has 0 aliphatic carbocycles. The minimum absolute atomic E-state index is 0.0330. The molecule has 83 valence electrons. The zero-order valence-corrected chi connectivity index (χ0v) is 9.75. The van der Waals surface area contributed by atoms with E-state index < -0.39 is 10.1 Å². The van der Waals surface area contributed by atoms with Gasteiger partial charge in [-0.1, -0.05) is 35.9 Å². The maximum absolute atomic E-state index is 11.6. The summed E-state index contributed by atoms with van der Waals surface area (Å²) in [7, 11) is -0.904. The molecule has 0 saturated carbocycles. The topological polar surface area (TPSA) is 43.4 Å². The van der Waals surface area contributed by atoms with Crippen LogP contribution in [-0.2, 0) is 14.3 Å². The first-order valence-electron chi connectivity index (χ1n) is 4.41. The van der Waals surface area contributed by atoms with Gasteiger partial charge in [0, 0.05) is 10.4 Å². The summed E-state index contributed by atoms with van der Waals surface area (Å²) >= 11 is 5.85. The van der Waals surface area contributed by atoms with Crippen LogP contribution in [0.1, 0.15) is 0 Å². The first-order valence-corrected chi connectivity index (χ1v) is 6.20. The van der Waals surface area contributed by atoms with Crippen LogP contribution in [0.5, 0.6) is 0 Å². The van der Waals surface area contributed by atoms with Gasteiger partial charge in [0.25, 0.3) is 10.1 Å². The normalized spacial score (nSPS) is 11.9. The Kier molecular flexibility index (Phi) is 2.88. The van der Waals surface area contributed by atoms with Crippen LogP contribution in [0.4, 0.5) is 0 Å². The average molecular weight is 256 g/mol. The Morgan fingerprint density at radius 1 is 1.19 bits per heavy atom. The lowest BCUT2D eigenvalue weighted by Crippen LogP contribution is -2.02. The van der Waals surface area contributed by atoms with E-state index in [1.54, 1.807) is 30.3 Å². The third kappa shape index (κ3) is 1.91. The molecule has 0 unspecified atom stereocenters. The fourth-order valence-corrected chi connectivity index (χ4v) is 2.66. The number of halogens is 1. The molecule has 0 atom stereocenters. The Bertz CT molecular complexity index is 635. The number of hydrogen-bond acceptors (Lipinski definition) is 3. The fourth-order valence-electron chi connectivity index (χ4n) is 1.51. The lowest BCUT2D eigenvalue weighted by Gasteiger charge is -2.06. The number of fused-ring (bicyclic) bond motifs is 1. The van der Waals surface area contributed by atoms with Gasteiger partial charge in [-0.3, -0.25) is 4.18 Å². The summed E-state index contributed by atoms with van der Waals surface area (Å²) in [6.07, 6.45) is 0. The molecule has 2 rings (SSSR count). The summed E-state index contributed by atoms with van der Waals surface area (Å²) in [6, 6.07) is 10.1. The third-order valence-electron chi connectivity index (χ3n) is 2.21. The highest BCUT2D eigenvalue weighted by Gasteiger charge is 2.17. The molecule has 0 aliphatic rings. The lowest BCUT2D eigenvalue weighted by atomic mass is 10.1. The van der Waals surface area contributed by atoms with Crippen LogP contribution in [0.3, 0.4) is 0 Å². The standard InChI is InChI=1S/C11H8ClO3S/c1-15-16(13,14)11-7-9(12)6-8-4-2-3-5-10(8)11/h2-7H,1H2. The zero-order chi connectivity index (χ0) is 11.8. The van der Waals surface area contributed by atoms with Gasteiger partial charge in [-0.05, 0) is 17.5 Å². The molecule has 1 radical (unpaired) electrons. The summed E-state index contributed by atoms with van der Waals surface area (Å²) in [4.78, 5) is 0.0330. The van der Waals surface area contributed by atoms with Crippen LogP contribution >= 0.6 is 11.6 Å². The largest absolute Gasteiger partial charge is 0.297 e. The predicted octanol–water partition coefficient (Wildman–Crippen LogP) is 2.99. The van der Waals surface area contributed by atoms with E-state index in [1.807, 2.05) is 0 Å². The van der Waals surface area contributed by atoms with Gasteiger partial charge in [-0.25, -0.2) is 0 Å². The molecule has 0 amide bonds. The van der Waals surface area contributed by atoms with Gasteiger partial charge < -0.3 is 0 Å². The first-order chi connectivity index (χ1) is 7.54. The smallest absolute Gasteiger partial charge is 0.264 e. The first kappa shape index (κ1) is 11.4. The summed E-state index contributed by atoms with van der Waals surface area (Å²) in [5.41, 5.74) is 0. The summed E-state index contributed by atoms with van der Waals surface area (Å²) in [5.74, 6) is 0. The Balaban J connectivity index is 2.89. The van der Waals surface area contributed by atoms with Crippen LogP contribution in [0.25, 0.3) is 10.8 Å². The highest BCUT2D eigenvalue weighted by Crippen LogP contribution is 2.28. The van der Waals surface area contributed by atoms with Crippen molar-refractivity contribution in [2.75, 3.05) is 0 Å². The van der Waals surface area contributed by atoms with Crippen molar-refractivity contribution in [2.24, 2.45) is 0 Å². The number of hydrogen-bond donors (Lipinski definition) is 0. The van der Waals surface area contributed by atoms with Crippen molar-refractivity contribution in [1.29, 1.82) is 0 Å². The summed E-state index contributed by atoms with van der Waals surface area (Å²) < 4.78 is 27.5. The molecule has 0 fully saturated rings. The highest BCUT2D eigenvalue weighted by molar-refractivity contribution is 7.87. The van der Waals surface area contributed by atoms with Gasteiger partial charge in [0.1, 0.15) is 4.90 Å². The number of benzene rings is 2. The minimum atomic E-state index is -3.84. The van der Waals surface area contributed by atoms with Crippen LogP contribution in [0.2, 0.25) is 5.02 Å². The predicted molar refractivity (Wildman–Crippen MR) is 62.6 cm³/mol. The van der Waals surface area contributed by atoms with Crippen molar-refractivity contribution in [2.45, 2.75) is 4.90 Å². The van der Waals surface area contributed by atoms with Crippen molar-refractivity contribution in [1.82, 2.24) is 0 Å². The Hall–Kier alpha value is -1.10. The van der Waals surface area contributed by atoms with E-state index in [0.717, 1.165) is 5.39 Å². The van der Waals surface area contributed by atoms with Crippen molar-refractivity contribution >= 4 is 32.5 Å². The highest BCUT2D eigenvalue weighted by atomic mass is 35.5. The molecule has 2 aromatic carbocycles. The van der Waals surface area contributed by atoms with Gasteiger partial charge in [0.15, 0.2) is 0 Å². The van der Waals surface area contributed by atoms with E-state index in [4.69, 9.17) is 11.6 Å². The Labute approximate surface area is 98.7 Å². The molecular weight excluding hydrogens is 248 g/mol. The minimum Gasteiger partial charge on any atom is -0.264 e. The van der Waals surface area contributed by atoms with Crippen molar-refractivity contribution < 1.29 is 12.6 Å². The van der Waals surface area contributed by atoms with Gasteiger partial charge in [-0.15, -0.1) is 0 Å². The van der Waals surface area contributed by atoms with Crippen molar-refractivity contribution in [3.63, 3.8) is 0 Å². The molecule has 5 heteroatoms. The van der Waals surface area contributed by atoms with Gasteiger partial charge >= 0.3 is 0 Å². The molecule has 16 heavy (non-hydrogen) atoms. The molecule has 3 nitrogen and oxygen atoms in total. The van der Waals surface area contributed by atoms with E-state index >= 15 is 0 Å². The summed E-state index contributed by atoms with van der Waals surface area (Å²) in [5, 5.41) is 1.65. The van der Waals surface area contributed by atoms with Gasteiger partial charge in [-0.2, -0.15) is 8.42 Å². The SMILES string of the molecule is [CH2]OS(=O)(=O)c1cc(Cl)cc2ccccc12. The third-order valence-corrected chi connectivity index (χ3v) is 3.62. The van der Waals surface area contributed by atoms with Crippen LogP contribution in [-0.4, -0.2) is 8.42 Å². The lowest BCUT2D eigenvalue weighted by molar-refractivity contribution is 0.439. The molecule has 0 bridgehead atoms. The second-order valence-electron chi connectivity index (χ2n) is 3.20. The van der Waals surface area contributed by atoms with E-state index in [-0.39, 0.29) is 4.90 Å². The molecule has 0 spiro atoms. The van der Waals surface area contributed by atoms with E-state index in [0.29, 0.717) is 10.4 Å².